The van der Waals surface area contributed by atoms with E-state index >= 15 is 0 Å². The van der Waals surface area contributed by atoms with Crippen molar-refractivity contribution >= 4 is 29.4 Å². The van der Waals surface area contributed by atoms with Crippen LogP contribution in [0.5, 0.6) is 11.5 Å². The van der Waals surface area contributed by atoms with Crippen molar-refractivity contribution < 1.29 is 28.6 Å². The van der Waals surface area contributed by atoms with Gasteiger partial charge in [-0.1, -0.05) is 18.5 Å². The molecule has 1 N–H and O–H groups in total. The molecule has 156 valence electrons. The number of nitrogens with zero attached hydrogens (tertiary/aromatic N) is 1. The third kappa shape index (κ3) is 5.99. The number of ether oxygens (including phenoxy) is 3. The van der Waals surface area contributed by atoms with E-state index in [0.717, 1.165) is 6.42 Å². The monoisotopic (exact) mass is 422 g/mol. The summed E-state index contributed by atoms with van der Waals surface area (Å²) in [6.07, 6.45) is 2.45. The highest BCUT2D eigenvalue weighted by molar-refractivity contribution is 6.32. The Labute approximate surface area is 173 Å². The van der Waals surface area contributed by atoms with Crippen molar-refractivity contribution in [3.63, 3.8) is 0 Å². The van der Waals surface area contributed by atoms with Crippen LogP contribution < -0.4 is 14.8 Å². The molecule has 1 aromatic carbocycles. The van der Waals surface area contributed by atoms with E-state index in [4.69, 9.17) is 25.8 Å². The molecule has 1 aromatic heterocycles. The topological polar surface area (TPSA) is 95.9 Å². The molecule has 29 heavy (non-hydrogen) atoms. The summed E-state index contributed by atoms with van der Waals surface area (Å²) in [7, 11) is 1.67. The fourth-order valence-corrected chi connectivity index (χ4v) is 2.70. The van der Waals surface area contributed by atoms with Gasteiger partial charge in [0.25, 0.3) is 11.8 Å². The molecule has 2 rings (SSSR count). The first-order valence-corrected chi connectivity index (χ1v) is 9.46. The van der Waals surface area contributed by atoms with Crippen molar-refractivity contribution in [2.75, 3.05) is 19.8 Å². The third-order valence-corrected chi connectivity index (χ3v) is 4.04. The zero-order valence-electron chi connectivity index (χ0n) is 16.5. The molecule has 0 saturated heterocycles. The van der Waals surface area contributed by atoms with Crippen molar-refractivity contribution in [3.05, 3.63) is 46.7 Å². The normalized spacial score (nSPS) is 10.3. The van der Waals surface area contributed by atoms with Crippen molar-refractivity contribution in [1.29, 1.82) is 0 Å². The standard InChI is InChI=1S/C20H23ClN2O6/c1-4-9-28-18-14(21)10-13(11-16(18)27-5-2)20(26)29-12-17(24)22-19(25)15-7-6-8-23(15)3/h6-8,10-11H,4-5,9,12H2,1-3H3,(H,22,24,25). The van der Waals surface area contributed by atoms with Crippen LogP contribution in [-0.4, -0.2) is 42.2 Å². The largest absolute Gasteiger partial charge is 0.490 e. The molecule has 1 heterocycles. The summed E-state index contributed by atoms with van der Waals surface area (Å²) in [4.78, 5) is 36.2. The molecule has 2 amide bonds. The van der Waals surface area contributed by atoms with Gasteiger partial charge in [0, 0.05) is 13.2 Å². The summed E-state index contributed by atoms with van der Waals surface area (Å²) < 4.78 is 17.6. The molecule has 0 unspecified atom stereocenters. The number of benzene rings is 1. The minimum atomic E-state index is -0.781. The number of aromatic nitrogens is 1. The van der Waals surface area contributed by atoms with E-state index in [9.17, 15) is 14.4 Å². The first kappa shape index (κ1) is 22.3. The summed E-state index contributed by atoms with van der Waals surface area (Å²) in [5.41, 5.74) is 0.407. The lowest BCUT2D eigenvalue weighted by Gasteiger charge is -2.14. The highest BCUT2D eigenvalue weighted by Gasteiger charge is 2.19. The quantitative estimate of drug-likeness (QED) is 0.624. The molecule has 8 nitrogen and oxygen atoms in total. The number of amides is 2. The maximum atomic E-state index is 12.3. The molecule has 9 heteroatoms. The van der Waals surface area contributed by atoms with Gasteiger partial charge in [0.1, 0.15) is 5.69 Å². The molecule has 0 radical (unpaired) electrons. The molecule has 0 fully saturated rings. The van der Waals surface area contributed by atoms with Gasteiger partial charge in [0.2, 0.25) is 0 Å². The van der Waals surface area contributed by atoms with Gasteiger partial charge in [-0.15, -0.1) is 0 Å². The average molecular weight is 423 g/mol. The first-order valence-electron chi connectivity index (χ1n) is 9.09. The van der Waals surface area contributed by atoms with Crippen LogP contribution in [0.3, 0.4) is 0 Å². The number of carbonyl (C=O) groups is 3. The van der Waals surface area contributed by atoms with Crippen LogP contribution in [0.4, 0.5) is 0 Å². The Hall–Kier alpha value is -3.00. The lowest BCUT2D eigenvalue weighted by Crippen LogP contribution is -2.35. The van der Waals surface area contributed by atoms with Crippen molar-refractivity contribution in [1.82, 2.24) is 9.88 Å². The first-order chi connectivity index (χ1) is 13.9. The smallest absolute Gasteiger partial charge is 0.338 e. The maximum absolute atomic E-state index is 12.3. The van der Waals surface area contributed by atoms with Crippen LogP contribution in [0.15, 0.2) is 30.5 Å². The Morgan fingerprint density at radius 3 is 2.55 bits per heavy atom. The Morgan fingerprint density at radius 1 is 1.17 bits per heavy atom. The number of halogens is 1. The van der Waals surface area contributed by atoms with Gasteiger partial charge in [-0.05, 0) is 37.6 Å². The van der Waals surface area contributed by atoms with Crippen molar-refractivity contribution in [3.8, 4) is 11.5 Å². The second kappa shape index (κ2) is 10.5. The number of aryl methyl sites for hydroxylation is 1. The van der Waals surface area contributed by atoms with Gasteiger partial charge in [0.05, 0.1) is 23.8 Å². The second-order valence-corrected chi connectivity index (χ2v) is 6.43. The molecule has 0 aliphatic carbocycles. The number of imide groups is 1. The number of rotatable bonds is 9. The average Bonchev–Trinajstić information content (AvgIpc) is 3.11. The molecular formula is C20H23ClN2O6. The van der Waals surface area contributed by atoms with E-state index < -0.39 is 24.4 Å². The van der Waals surface area contributed by atoms with Crippen LogP contribution in [0.25, 0.3) is 0 Å². The summed E-state index contributed by atoms with van der Waals surface area (Å²) >= 11 is 6.21. The van der Waals surface area contributed by atoms with Gasteiger partial charge in [-0.25, -0.2) is 4.79 Å². The summed E-state index contributed by atoms with van der Waals surface area (Å²) in [5.74, 6) is -1.46. The predicted molar refractivity (Wildman–Crippen MR) is 107 cm³/mol. The number of hydrogen-bond acceptors (Lipinski definition) is 6. The summed E-state index contributed by atoms with van der Waals surface area (Å²) in [6, 6.07) is 6.06. The van der Waals surface area contributed by atoms with Crippen LogP contribution in [-0.2, 0) is 16.6 Å². The number of carbonyl (C=O) groups excluding carboxylic acids is 3. The molecule has 0 aliphatic rings. The van der Waals surface area contributed by atoms with Crippen LogP contribution >= 0.6 is 11.6 Å². The zero-order chi connectivity index (χ0) is 21.4. The Morgan fingerprint density at radius 2 is 1.93 bits per heavy atom. The fourth-order valence-electron chi connectivity index (χ4n) is 2.43. The van der Waals surface area contributed by atoms with Gasteiger partial charge < -0.3 is 18.8 Å². The molecule has 0 saturated carbocycles. The van der Waals surface area contributed by atoms with Gasteiger partial charge in [-0.2, -0.15) is 0 Å². The van der Waals surface area contributed by atoms with E-state index in [0.29, 0.717) is 30.4 Å². The van der Waals surface area contributed by atoms with Crippen LogP contribution in [0.2, 0.25) is 5.02 Å². The molecule has 0 atom stereocenters. The molecule has 2 aromatic rings. The number of esters is 1. The SMILES string of the molecule is CCCOc1c(Cl)cc(C(=O)OCC(=O)NC(=O)c2cccn2C)cc1OCC. The van der Waals surface area contributed by atoms with E-state index in [1.165, 1.54) is 12.1 Å². The highest BCUT2D eigenvalue weighted by atomic mass is 35.5. The van der Waals surface area contributed by atoms with E-state index in [1.54, 1.807) is 36.9 Å². The van der Waals surface area contributed by atoms with E-state index in [2.05, 4.69) is 5.32 Å². The summed E-state index contributed by atoms with van der Waals surface area (Å²) in [6.45, 7) is 3.91. The lowest BCUT2D eigenvalue weighted by molar-refractivity contribution is -0.123. The zero-order valence-corrected chi connectivity index (χ0v) is 17.2. The minimum Gasteiger partial charge on any atom is -0.490 e. The van der Waals surface area contributed by atoms with Gasteiger partial charge >= 0.3 is 5.97 Å². The lowest BCUT2D eigenvalue weighted by atomic mass is 10.2. The Balaban J connectivity index is 2.01. The second-order valence-electron chi connectivity index (χ2n) is 6.02. The Bertz CT molecular complexity index is 893. The number of hydrogen-bond donors (Lipinski definition) is 1. The fraction of sp³-hybridized carbons (Fsp3) is 0.350. The van der Waals surface area contributed by atoms with Gasteiger partial charge in [0.15, 0.2) is 18.1 Å². The number of nitrogens with one attached hydrogen (secondary N) is 1. The maximum Gasteiger partial charge on any atom is 0.338 e. The summed E-state index contributed by atoms with van der Waals surface area (Å²) in [5, 5.41) is 2.35. The van der Waals surface area contributed by atoms with E-state index in [1.807, 2.05) is 6.92 Å². The highest BCUT2D eigenvalue weighted by Crippen LogP contribution is 2.37. The predicted octanol–water partition coefficient (Wildman–Crippen LogP) is 2.98. The van der Waals surface area contributed by atoms with E-state index in [-0.39, 0.29) is 10.6 Å². The van der Waals surface area contributed by atoms with Crippen molar-refractivity contribution in [2.24, 2.45) is 7.05 Å². The Kier molecular flexibility index (Phi) is 8.09. The minimum absolute atomic E-state index is 0.101. The molecule has 0 spiro atoms. The van der Waals surface area contributed by atoms with Gasteiger partial charge in [-0.3, -0.25) is 14.9 Å². The van der Waals surface area contributed by atoms with Crippen LogP contribution in [0, 0.1) is 0 Å². The van der Waals surface area contributed by atoms with Crippen LogP contribution in [0.1, 0.15) is 41.1 Å². The molecule has 0 bridgehead atoms. The third-order valence-electron chi connectivity index (χ3n) is 3.76. The van der Waals surface area contributed by atoms with Crippen molar-refractivity contribution in [2.45, 2.75) is 20.3 Å². The molecule has 0 aliphatic heterocycles. The molecular weight excluding hydrogens is 400 g/mol.